The third-order valence-corrected chi connectivity index (χ3v) is 6.05. The summed E-state index contributed by atoms with van der Waals surface area (Å²) in [7, 11) is 4.48. The number of aryl methyl sites for hydroxylation is 2. The van der Waals surface area contributed by atoms with Crippen LogP contribution in [0.25, 0.3) is 0 Å². The molecule has 13 heteroatoms. The summed E-state index contributed by atoms with van der Waals surface area (Å²) < 4.78 is 5.42. The number of hydrogen-bond donors (Lipinski definition) is 5. The minimum atomic E-state index is -1.56. The van der Waals surface area contributed by atoms with Gasteiger partial charge in [0, 0.05) is 39.3 Å². The van der Waals surface area contributed by atoms with Crippen molar-refractivity contribution in [2.24, 2.45) is 0 Å². The number of carbonyl (C=O) groups is 5. The Balaban J connectivity index is 1.86. The highest BCUT2D eigenvalue weighted by Crippen LogP contribution is 2.26. The van der Waals surface area contributed by atoms with Crippen molar-refractivity contribution < 1.29 is 38.9 Å². The number of anilines is 2. The number of ether oxygens (including phenoxy) is 1. The Kier molecular flexibility index (Phi) is 11.7. The second-order valence-electron chi connectivity index (χ2n) is 9.10. The van der Waals surface area contributed by atoms with Crippen LogP contribution in [-0.2, 0) is 20.8 Å². The quantitative estimate of drug-likeness (QED) is 0.249. The van der Waals surface area contributed by atoms with E-state index >= 15 is 0 Å². The molecule has 2 aromatic rings. The third kappa shape index (κ3) is 9.82. The Morgan fingerprint density at radius 2 is 1.57 bits per heavy atom. The van der Waals surface area contributed by atoms with Gasteiger partial charge in [0.25, 0.3) is 0 Å². The zero-order valence-corrected chi connectivity index (χ0v) is 22.9. The standard InChI is InChI=1S/C27H35N5O8/c1-17-7-5-6-8-19(17)28-26(38)29-20-11-9-18(15-22(20)40-4)10-12-23(33)31(2)13-14-32(3)27(39)30-21(25(36)37)16-24(34)35/h5-9,11,15,21H,10,12-14,16H2,1-4H3,(H,30,39)(H,34,35)(H,36,37)(H2,28,29,38). The molecule has 0 fully saturated rings. The number of carboxylic acids is 2. The lowest BCUT2D eigenvalue weighted by Gasteiger charge is -2.24. The molecular weight excluding hydrogens is 522 g/mol. The van der Waals surface area contributed by atoms with Crippen LogP contribution in [-0.4, -0.2) is 90.3 Å². The van der Waals surface area contributed by atoms with Gasteiger partial charge >= 0.3 is 24.0 Å². The predicted octanol–water partition coefficient (Wildman–Crippen LogP) is 2.61. The van der Waals surface area contributed by atoms with E-state index in [2.05, 4.69) is 16.0 Å². The fourth-order valence-electron chi connectivity index (χ4n) is 3.59. The van der Waals surface area contributed by atoms with Gasteiger partial charge in [-0.3, -0.25) is 9.59 Å². The van der Waals surface area contributed by atoms with Crippen molar-refractivity contribution in [2.75, 3.05) is 44.9 Å². The smallest absolute Gasteiger partial charge is 0.326 e. The van der Waals surface area contributed by atoms with Gasteiger partial charge in [-0.2, -0.15) is 0 Å². The molecular formula is C27H35N5O8. The summed E-state index contributed by atoms with van der Waals surface area (Å²) >= 11 is 0. The minimum Gasteiger partial charge on any atom is -0.495 e. The monoisotopic (exact) mass is 557 g/mol. The van der Waals surface area contributed by atoms with Crippen LogP contribution in [0, 0.1) is 6.92 Å². The first-order valence-corrected chi connectivity index (χ1v) is 12.4. The van der Waals surface area contributed by atoms with Gasteiger partial charge in [0.2, 0.25) is 5.91 Å². The number of aliphatic carboxylic acids is 2. The second-order valence-corrected chi connectivity index (χ2v) is 9.10. The average Bonchev–Trinajstić information content (AvgIpc) is 2.91. The molecule has 216 valence electrons. The summed E-state index contributed by atoms with van der Waals surface area (Å²) in [4.78, 5) is 61.8. The average molecular weight is 558 g/mol. The van der Waals surface area contributed by atoms with E-state index in [1.165, 1.54) is 24.0 Å². The van der Waals surface area contributed by atoms with Gasteiger partial charge in [0.05, 0.1) is 19.2 Å². The van der Waals surface area contributed by atoms with Crippen LogP contribution in [0.3, 0.4) is 0 Å². The Labute approximate surface area is 232 Å². The van der Waals surface area contributed by atoms with Crippen LogP contribution >= 0.6 is 0 Å². The highest BCUT2D eigenvalue weighted by Gasteiger charge is 2.24. The number of rotatable bonds is 13. The number of likely N-dealkylation sites (N-methyl/N-ethyl adjacent to an activating group) is 2. The summed E-state index contributed by atoms with van der Waals surface area (Å²) in [6.07, 6.45) is -0.174. The maximum absolute atomic E-state index is 12.6. The number of urea groups is 2. The number of hydrogen-bond acceptors (Lipinski definition) is 6. The highest BCUT2D eigenvalue weighted by atomic mass is 16.5. The van der Waals surface area contributed by atoms with Gasteiger partial charge in [0.15, 0.2) is 0 Å². The van der Waals surface area contributed by atoms with Crippen molar-refractivity contribution in [2.45, 2.75) is 32.2 Å². The van der Waals surface area contributed by atoms with Gasteiger partial charge in [-0.25, -0.2) is 14.4 Å². The van der Waals surface area contributed by atoms with Gasteiger partial charge in [-0.1, -0.05) is 24.3 Å². The number of para-hydroxylation sites is 1. The minimum absolute atomic E-state index is 0.103. The largest absolute Gasteiger partial charge is 0.495 e. The van der Waals surface area contributed by atoms with Crippen molar-refractivity contribution in [3.63, 3.8) is 0 Å². The van der Waals surface area contributed by atoms with E-state index in [0.29, 0.717) is 23.5 Å². The number of nitrogens with one attached hydrogen (secondary N) is 3. The molecule has 0 aliphatic rings. The summed E-state index contributed by atoms with van der Waals surface area (Å²) in [6.45, 7) is 2.17. The molecule has 2 aromatic carbocycles. The molecule has 0 heterocycles. The maximum Gasteiger partial charge on any atom is 0.326 e. The Hall–Kier alpha value is -4.81. The van der Waals surface area contributed by atoms with Gasteiger partial charge in [0.1, 0.15) is 11.8 Å². The summed E-state index contributed by atoms with van der Waals surface area (Å²) in [6, 6.07) is 9.87. The zero-order valence-electron chi connectivity index (χ0n) is 22.9. The number of benzene rings is 2. The predicted molar refractivity (Wildman–Crippen MR) is 148 cm³/mol. The zero-order chi connectivity index (χ0) is 29.8. The SMILES string of the molecule is COc1cc(CCC(=O)N(C)CCN(C)C(=O)NC(CC(=O)O)C(=O)O)ccc1NC(=O)Nc1ccccc1C. The van der Waals surface area contributed by atoms with Crippen molar-refractivity contribution in [1.29, 1.82) is 0 Å². The van der Waals surface area contributed by atoms with Crippen molar-refractivity contribution in [3.8, 4) is 5.75 Å². The number of carboxylic acid groups (broad SMARTS) is 2. The molecule has 0 spiro atoms. The van der Waals surface area contributed by atoms with Crippen molar-refractivity contribution in [3.05, 3.63) is 53.6 Å². The molecule has 40 heavy (non-hydrogen) atoms. The molecule has 0 saturated heterocycles. The Morgan fingerprint density at radius 3 is 2.20 bits per heavy atom. The van der Waals surface area contributed by atoms with Crippen LogP contribution in [0.5, 0.6) is 5.75 Å². The molecule has 0 bridgehead atoms. The molecule has 0 aliphatic carbocycles. The summed E-state index contributed by atoms with van der Waals surface area (Å²) in [5.41, 5.74) is 2.90. The second kappa shape index (κ2) is 15.0. The number of amides is 5. The fourth-order valence-corrected chi connectivity index (χ4v) is 3.59. The molecule has 5 N–H and O–H groups in total. The third-order valence-electron chi connectivity index (χ3n) is 6.05. The number of nitrogens with zero attached hydrogens (tertiary/aromatic N) is 2. The molecule has 1 atom stereocenters. The lowest BCUT2D eigenvalue weighted by Crippen LogP contribution is -2.49. The lowest BCUT2D eigenvalue weighted by atomic mass is 10.1. The first-order valence-electron chi connectivity index (χ1n) is 12.4. The van der Waals surface area contributed by atoms with Gasteiger partial charge < -0.3 is 40.7 Å². The van der Waals surface area contributed by atoms with Crippen LogP contribution < -0.4 is 20.7 Å². The van der Waals surface area contributed by atoms with Crippen molar-refractivity contribution in [1.82, 2.24) is 15.1 Å². The normalized spacial score (nSPS) is 11.1. The van der Waals surface area contributed by atoms with Crippen LogP contribution in [0.4, 0.5) is 21.0 Å². The highest BCUT2D eigenvalue weighted by molar-refractivity contribution is 6.01. The van der Waals surface area contributed by atoms with E-state index in [1.807, 2.05) is 25.1 Å². The molecule has 0 saturated carbocycles. The Morgan fingerprint density at radius 1 is 0.925 bits per heavy atom. The van der Waals surface area contributed by atoms with E-state index < -0.39 is 36.5 Å². The topological polar surface area (TPSA) is 178 Å². The van der Waals surface area contributed by atoms with E-state index in [-0.39, 0.29) is 25.4 Å². The molecule has 0 aromatic heterocycles. The molecule has 0 aliphatic heterocycles. The molecule has 0 radical (unpaired) electrons. The molecule has 2 rings (SSSR count). The van der Waals surface area contributed by atoms with Crippen LogP contribution in [0.1, 0.15) is 24.0 Å². The first kappa shape index (κ1) is 31.4. The van der Waals surface area contributed by atoms with Crippen molar-refractivity contribution >= 4 is 41.3 Å². The summed E-state index contributed by atoms with van der Waals surface area (Å²) in [5.74, 6) is -2.55. The fraction of sp³-hybridized carbons (Fsp3) is 0.370. The Bertz CT molecular complexity index is 1240. The van der Waals surface area contributed by atoms with E-state index in [0.717, 1.165) is 11.1 Å². The lowest BCUT2D eigenvalue weighted by molar-refractivity contribution is -0.145. The van der Waals surface area contributed by atoms with E-state index in [9.17, 15) is 24.0 Å². The molecule has 5 amide bonds. The molecule has 1 unspecified atom stereocenters. The first-order chi connectivity index (χ1) is 18.9. The van der Waals surface area contributed by atoms with Crippen LogP contribution in [0.15, 0.2) is 42.5 Å². The number of methoxy groups -OCH3 is 1. The van der Waals surface area contributed by atoms with E-state index in [1.54, 1.807) is 31.3 Å². The van der Waals surface area contributed by atoms with Crippen LogP contribution in [0.2, 0.25) is 0 Å². The number of carbonyl (C=O) groups excluding carboxylic acids is 3. The summed E-state index contributed by atoms with van der Waals surface area (Å²) in [5, 5.41) is 25.6. The van der Waals surface area contributed by atoms with Gasteiger partial charge in [-0.15, -0.1) is 0 Å². The van der Waals surface area contributed by atoms with E-state index in [4.69, 9.17) is 14.9 Å². The van der Waals surface area contributed by atoms with Gasteiger partial charge in [-0.05, 0) is 42.7 Å². The maximum atomic E-state index is 12.6. The molecule has 13 nitrogen and oxygen atoms in total.